The molecular weight excluding hydrogens is 403 g/mol. The van der Waals surface area contributed by atoms with Crippen molar-refractivity contribution in [3.8, 4) is 5.75 Å². The van der Waals surface area contributed by atoms with Crippen molar-refractivity contribution in [1.29, 1.82) is 0 Å². The highest BCUT2D eigenvalue weighted by Gasteiger charge is 2.32. The molecule has 0 N–H and O–H groups in total. The third-order valence-corrected chi connectivity index (χ3v) is 6.32. The second-order valence-corrected chi connectivity index (χ2v) is 8.53. The maximum Gasteiger partial charge on any atom is 0.260 e. The number of rotatable bonds is 6. The maximum atomic E-state index is 13.1. The van der Waals surface area contributed by atoms with Crippen molar-refractivity contribution >= 4 is 17.5 Å². The van der Waals surface area contributed by atoms with Gasteiger partial charge in [-0.1, -0.05) is 30.7 Å². The summed E-state index contributed by atoms with van der Waals surface area (Å²) in [6.07, 6.45) is 0.815. The number of hydrogen-bond donors (Lipinski definition) is 0. The van der Waals surface area contributed by atoms with Crippen molar-refractivity contribution in [2.24, 2.45) is 0 Å². The molecule has 1 saturated heterocycles. The largest absolute Gasteiger partial charge is 0.484 e. The van der Waals surface area contributed by atoms with Gasteiger partial charge >= 0.3 is 0 Å². The molecule has 0 aromatic heterocycles. The normalized spacial score (nSPS) is 19.7. The number of hydrogen-bond acceptors (Lipinski definition) is 3. The Morgan fingerprint density at radius 3 is 2.53 bits per heavy atom. The van der Waals surface area contributed by atoms with E-state index in [4.69, 9.17) is 16.3 Å². The zero-order chi connectivity index (χ0) is 21.8. The van der Waals surface area contributed by atoms with Crippen LogP contribution in [-0.4, -0.2) is 47.5 Å². The van der Waals surface area contributed by atoms with Gasteiger partial charge in [0.25, 0.3) is 5.91 Å². The van der Waals surface area contributed by atoms with Crippen molar-refractivity contribution in [2.75, 3.05) is 19.7 Å². The van der Waals surface area contributed by atoms with Crippen molar-refractivity contribution in [1.82, 2.24) is 9.80 Å². The molecule has 30 heavy (non-hydrogen) atoms. The molecule has 3 rings (SSSR count). The Morgan fingerprint density at radius 2 is 1.87 bits per heavy atom. The van der Waals surface area contributed by atoms with Crippen molar-refractivity contribution in [2.45, 2.75) is 52.7 Å². The fourth-order valence-electron chi connectivity index (χ4n) is 3.97. The number of amides is 1. The summed E-state index contributed by atoms with van der Waals surface area (Å²) in [6, 6.07) is 10.7. The van der Waals surface area contributed by atoms with Crippen LogP contribution < -0.4 is 4.74 Å². The van der Waals surface area contributed by atoms with E-state index < -0.39 is 0 Å². The van der Waals surface area contributed by atoms with Gasteiger partial charge in [0.2, 0.25) is 0 Å². The lowest BCUT2D eigenvalue weighted by Crippen LogP contribution is -2.58. The van der Waals surface area contributed by atoms with Crippen LogP contribution >= 0.6 is 11.6 Å². The van der Waals surface area contributed by atoms with Gasteiger partial charge in [0.15, 0.2) is 6.61 Å². The minimum atomic E-state index is -0.225. The highest BCUT2D eigenvalue weighted by Crippen LogP contribution is 2.27. The van der Waals surface area contributed by atoms with Gasteiger partial charge < -0.3 is 9.64 Å². The summed E-state index contributed by atoms with van der Waals surface area (Å²) in [5.74, 6) is 0.441. The molecule has 2 unspecified atom stereocenters. The van der Waals surface area contributed by atoms with Crippen molar-refractivity contribution in [3.63, 3.8) is 0 Å². The summed E-state index contributed by atoms with van der Waals surface area (Å²) >= 11 is 6.31. The number of piperazine rings is 1. The molecule has 0 saturated carbocycles. The van der Waals surface area contributed by atoms with E-state index >= 15 is 0 Å². The van der Waals surface area contributed by atoms with Crippen LogP contribution in [0.25, 0.3) is 0 Å². The molecule has 0 bridgehead atoms. The van der Waals surface area contributed by atoms with E-state index in [9.17, 15) is 9.18 Å². The molecule has 0 radical (unpaired) electrons. The highest BCUT2D eigenvalue weighted by molar-refractivity contribution is 6.32. The first-order valence-electron chi connectivity index (χ1n) is 10.5. The number of benzene rings is 2. The first-order chi connectivity index (χ1) is 14.3. The second-order valence-electron chi connectivity index (χ2n) is 8.16. The molecule has 0 spiro atoms. The van der Waals surface area contributed by atoms with Gasteiger partial charge in [0.1, 0.15) is 11.6 Å². The van der Waals surface area contributed by atoms with E-state index in [1.165, 1.54) is 12.1 Å². The van der Waals surface area contributed by atoms with Crippen molar-refractivity contribution < 1.29 is 13.9 Å². The van der Waals surface area contributed by atoms with Gasteiger partial charge in [-0.25, -0.2) is 4.39 Å². The minimum Gasteiger partial charge on any atom is -0.484 e. The number of carbonyl (C=O) groups is 1. The number of nitrogens with zero attached hydrogens (tertiary/aromatic N) is 2. The van der Waals surface area contributed by atoms with E-state index in [0.717, 1.165) is 41.2 Å². The second kappa shape index (κ2) is 9.80. The molecule has 4 nitrogen and oxygen atoms in total. The van der Waals surface area contributed by atoms with Crippen LogP contribution in [0.5, 0.6) is 5.75 Å². The van der Waals surface area contributed by atoms with Crippen LogP contribution in [0, 0.1) is 12.7 Å². The quantitative estimate of drug-likeness (QED) is 0.654. The summed E-state index contributed by atoms with van der Waals surface area (Å²) in [7, 11) is 0. The van der Waals surface area contributed by atoms with Crippen molar-refractivity contribution in [3.05, 3.63) is 63.9 Å². The highest BCUT2D eigenvalue weighted by atomic mass is 35.5. The molecule has 6 heteroatoms. The van der Waals surface area contributed by atoms with E-state index in [1.807, 2.05) is 43.0 Å². The molecule has 0 aliphatic carbocycles. The molecule has 162 valence electrons. The lowest BCUT2D eigenvalue weighted by molar-refractivity contribution is -0.139. The Labute approximate surface area is 183 Å². The molecule has 1 amide bonds. The van der Waals surface area contributed by atoms with Crippen LogP contribution in [0.2, 0.25) is 5.02 Å². The molecule has 1 heterocycles. The molecule has 1 aliphatic heterocycles. The predicted octanol–water partition coefficient (Wildman–Crippen LogP) is 4.85. The molecule has 1 aliphatic rings. The predicted molar refractivity (Wildman–Crippen MR) is 119 cm³/mol. The number of halogens is 2. The van der Waals surface area contributed by atoms with Gasteiger partial charge in [0, 0.05) is 36.7 Å². The average Bonchev–Trinajstić information content (AvgIpc) is 2.72. The first kappa shape index (κ1) is 22.6. The zero-order valence-electron chi connectivity index (χ0n) is 18.1. The van der Waals surface area contributed by atoms with E-state index in [1.54, 1.807) is 0 Å². The first-order valence-corrected chi connectivity index (χ1v) is 10.9. The summed E-state index contributed by atoms with van der Waals surface area (Å²) in [6.45, 7) is 10.3. The maximum absolute atomic E-state index is 13.1. The van der Waals surface area contributed by atoms with E-state index in [0.29, 0.717) is 12.3 Å². The molecule has 2 aromatic rings. The topological polar surface area (TPSA) is 32.8 Å². The third kappa shape index (κ3) is 5.32. The van der Waals surface area contributed by atoms with Crippen LogP contribution in [0.1, 0.15) is 37.5 Å². The number of carbonyl (C=O) groups excluding carboxylic acids is 1. The number of aryl methyl sites for hydroxylation is 2. The van der Waals surface area contributed by atoms with Crippen LogP contribution in [0.3, 0.4) is 0 Å². The monoisotopic (exact) mass is 432 g/mol. The van der Waals surface area contributed by atoms with Crippen LogP contribution in [0.4, 0.5) is 4.39 Å². The van der Waals surface area contributed by atoms with Gasteiger partial charge in [0.05, 0.1) is 0 Å². The number of ether oxygens (including phenoxy) is 1. The molecule has 1 fully saturated rings. The third-order valence-electron chi connectivity index (χ3n) is 5.78. The Kier molecular flexibility index (Phi) is 7.37. The molecular formula is C24H30ClFN2O2. The van der Waals surface area contributed by atoms with Gasteiger partial charge in [-0.3, -0.25) is 9.69 Å². The Morgan fingerprint density at radius 1 is 1.17 bits per heavy atom. The van der Waals surface area contributed by atoms with Crippen LogP contribution in [0.15, 0.2) is 36.4 Å². The zero-order valence-corrected chi connectivity index (χ0v) is 18.9. The summed E-state index contributed by atoms with van der Waals surface area (Å²) in [4.78, 5) is 17.1. The lowest BCUT2D eigenvalue weighted by Gasteiger charge is -2.44. The van der Waals surface area contributed by atoms with E-state index in [-0.39, 0.29) is 30.4 Å². The minimum absolute atomic E-state index is 0.0126. The fraction of sp³-hybridized carbons (Fsp3) is 0.458. The van der Waals surface area contributed by atoms with Gasteiger partial charge in [-0.05, 0) is 68.1 Å². The average molecular weight is 433 g/mol. The summed E-state index contributed by atoms with van der Waals surface area (Å²) in [5.41, 5.74) is 3.05. The molecule has 2 aromatic carbocycles. The Bertz CT molecular complexity index is 888. The smallest absolute Gasteiger partial charge is 0.260 e. The Balaban J connectivity index is 1.58. The van der Waals surface area contributed by atoms with Gasteiger partial charge in [-0.2, -0.15) is 0 Å². The summed E-state index contributed by atoms with van der Waals surface area (Å²) in [5, 5.41) is 0.760. The van der Waals surface area contributed by atoms with Crippen LogP contribution in [-0.2, 0) is 17.8 Å². The lowest BCUT2D eigenvalue weighted by atomic mass is 10.1. The van der Waals surface area contributed by atoms with Gasteiger partial charge in [-0.15, -0.1) is 0 Å². The summed E-state index contributed by atoms with van der Waals surface area (Å²) < 4.78 is 19.0. The SMILES string of the molecule is CCc1cc(OCC(=O)N2CC(C)N(Cc3ccc(F)cc3)CC2C)cc(C)c1Cl. The fourth-order valence-corrected chi connectivity index (χ4v) is 4.21. The standard InChI is InChI=1S/C24H30ClFN2O2/c1-5-20-11-22(10-16(2)24(20)25)30-15-23(29)28-13-17(3)27(12-18(28)4)14-19-6-8-21(26)9-7-19/h6-11,17-18H,5,12-15H2,1-4H3. The Hall–Kier alpha value is -2.11. The molecule has 2 atom stereocenters. The van der Waals surface area contributed by atoms with E-state index in [2.05, 4.69) is 18.7 Å².